The molecule has 34 heavy (non-hydrogen) atoms. The summed E-state index contributed by atoms with van der Waals surface area (Å²) in [5, 5.41) is 8.48. The number of nitrogens with one attached hydrogen (secondary N) is 2. The zero-order valence-electron chi connectivity index (χ0n) is 18.7. The Balaban J connectivity index is 0.00000324. The van der Waals surface area contributed by atoms with E-state index in [4.69, 9.17) is 9.47 Å². The van der Waals surface area contributed by atoms with Crippen molar-refractivity contribution in [3.63, 3.8) is 0 Å². The number of ether oxygens (including phenoxy) is 2. The van der Waals surface area contributed by atoms with Gasteiger partial charge in [-0.25, -0.2) is 13.4 Å². The molecular weight excluding hydrogens is 498 g/mol. The van der Waals surface area contributed by atoms with Crippen molar-refractivity contribution in [1.82, 2.24) is 10.3 Å². The van der Waals surface area contributed by atoms with Gasteiger partial charge in [-0.1, -0.05) is 0 Å². The number of aromatic nitrogens is 1. The molecule has 0 radical (unpaired) electrons. The van der Waals surface area contributed by atoms with Crippen LogP contribution in [0.2, 0.25) is 0 Å². The summed E-state index contributed by atoms with van der Waals surface area (Å²) in [5.74, 6) is 1.07. The Labute approximate surface area is 209 Å². The zero-order chi connectivity index (χ0) is 23.4. The van der Waals surface area contributed by atoms with Crippen LogP contribution >= 0.6 is 23.7 Å². The summed E-state index contributed by atoms with van der Waals surface area (Å²) in [6.45, 7) is 3.62. The van der Waals surface area contributed by atoms with Crippen LogP contribution in [0.1, 0.15) is 28.9 Å². The highest BCUT2D eigenvalue weighted by Crippen LogP contribution is 2.30. The van der Waals surface area contributed by atoms with Crippen molar-refractivity contribution < 1.29 is 22.7 Å². The lowest BCUT2D eigenvalue weighted by atomic mass is 10.1. The number of benzene rings is 2. The highest BCUT2D eigenvalue weighted by molar-refractivity contribution is 7.90. The number of nitrogens with zero attached hydrogens (tertiary/aromatic N) is 1. The maximum absolute atomic E-state index is 12.9. The molecule has 11 heteroatoms. The van der Waals surface area contributed by atoms with Gasteiger partial charge in [-0.2, -0.15) is 0 Å². The van der Waals surface area contributed by atoms with E-state index in [1.165, 1.54) is 23.5 Å². The number of piperidine rings is 1. The van der Waals surface area contributed by atoms with Crippen LogP contribution in [0.25, 0.3) is 0 Å². The Bertz CT molecular complexity index is 1240. The molecule has 0 aliphatic carbocycles. The smallest absolute Gasteiger partial charge is 0.257 e. The number of carbonyl (C=O) groups excluding carboxylic acids is 1. The minimum atomic E-state index is -3.30. The van der Waals surface area contributed by atoms with E-state index in [1.54, 1.807) is 30.3 Å². The third kappa shape index (κ3) is 6.92. The number of amides is 1. The molecule has 182 valence electrons. The van der Waals surface area contributed by atoms with Crippen LogP contribution in [0, 0.1) is 6.92 Å². The van der Waals surface area contributed by atoms with Gasteiger partial charge in [-0.05, 0) is 69.3 Å². The molecule has 8 nitrogen and oxygen atoms in total. The first kappa shape index (κ1) is 26.0. The Morgan fingerprint density at radius 3 is 2.38 bits per heavy atom. The first-order chi connectivity index (χ1) is 15.8. The van der Waals surface area contributed by atoms with Gasteiger partial charge < -0.3 is 14.8 Å². The number of carbonyl (C=O) groups is 1. The summed E-state index contributed by atoms with van der Waals surface area (Å²) in [5.41, 5.74) is 1.21. The van der Waals surface area contributed by atoms with E-state index >= 15 is 0 Å². The van der Waals surface area contributed by atoms with Gasteiger partial charge in [0.1, 0.15) is 23.4 Å². The maximum Gasteiger partial charge on any atom is 0.257 e. The summed E-state index contributed by atoms with van der Waals surface area (Å²) in [6, 6.07) is 11.2. The van der Waals surface area contributed by atoms with Crippen LogP contribution in [-0.2, 0) is 9.84 Å². The summed E-state index contributed by atoms with van der Waals surface area (Å²) >= 11 is 1.35. The lowest BCUT2D eigenvalue weighted by Gasteiger charge is -2.24. The highest BCUT2D eigenvalue weighted by Gasteiger charge is 2.18. The van der Waals surface area contributed by atoms with Crippen molar-refractivity contribution in [2.24, 2.45) is 0 Å². The second-order valence-electron chi connectivity index (χ2n) is 7.85. The second-order valence-corrected chi connectivity index (χ2v) is 10.7. The monoisotopic (exact) mass is 523 g/mol. The fourth-order valence-corrected chi connectivity index (χ4v) is 4.72. The molecule has 0 unspecified atom stereocenters. The minimum absolute atomic E-state index is 0. The summed E-state index contributed by atoms with van der Waals surface area (Å²) < 4.78 is 35.5. The third-order valence-corrected chi connectivity index (χ3v) is 7.06. The predicted octanol–water partition coefficient (Wildman–Crippen LogP) is 4.45. The Hall–Kier alpha value is -2.66. The number of hydrogen-bond acceptors (Lipinski definition) is 8. The van der Waals surface area contributed by atoms with Gasteiger partial charge in [0, 0.05) is 23.3 Å². The molecule has 1 fully saturated rings. The number of sulfone groups is 1. The van der Waals surface area contributed by atoms with E-state index in [9.17, 15) is 13.2 Å². The SMILES string of the molecule is Cc1csc(NC(=O)c2cc(Oc3ccc(S(C)(=O)=O)cc3)cc(OC3CCNCC3)c2)n1.Cl. The van der Waals surface area contributed by atoms with Crippen molar-refractivity contribution >= 4 is 44.6 Å². The summed E-state index contributed by atoms with van der Waals surface area (Å²) in [6.07, 6.45) is 2.95. The molecule has 2 N–H and O–H groups in total. The third-order valence-electron chi connectivity index (χ3n) is 5.06. The second kappa shape index (κ2) is 11.2. The molecule has 1 saturated heterocycles. The average molecular weight is 524 g/mol. The number of rotatable bonds is 7. The molecule has 2 aromatic carbocycles. The standard InChI is InChI=1S/C23H25N3O5S2.ClH/c1-15-14-32-23(25-15)26-22(27)16-11-19(13-20(12-16)31-18-7-9-24-10-8-18)30-17-3-5-21(6-4-17)33(2,28)29;/h3-6,11-14,18,24H,7-10H2,1-2H3,(H,25,26,27);1H. The fraction of sp³-hybridized carbons (Fsp3) is 0.304. The minimum Gasteiger partial charge on any atom is -0.490 e. The number of aryl methyl sites for hydroxylation is 1. The van der Waals surface area contributed by atoms with Gasteiger partial charge in [0.25, 0.3) is 5.91 Å². The molecule has 0 atom stereocenters. The molecule has 0 spiro atoms. The van der Waals surface area contributed by atoms with Crippen LogP contribution in [0.3, 0.4) is 0 Å². The maximum atomic E-state index is 12.9. The Morgan fingerprint density at radius 2 is 1.76 bits per heavy atom. The van der Waals surface area contributed by atoms with Gasteiger partial charge >= 0.3 is 0 Å². The topological polar surface area (TPSA) is 107 Å². The van der Waals surface area contributed by atoms with Gasteiger partial charge in [0.15, 0.2) is 15.0 Å². The molecule has 1 aromatic heterocycles. The molecule has 3 aromatic rings. The van der Waals surface area contributed by atoms with Gasteiger partial charge in [0.05, 0.1) is 10.6 Å². The Morgan fingerprint density at radius 1 is 1.09 bits per heavy atom. The van der Waals surface area contributed by atoms with Gasteiger partial charge in [0.2, 0.25) is 0 Å². The van der Waals surface area contributed by atoms with Gasteiger partial charge in [-0.3, -0.25) is 10.1 Å². The molecule has 1 aliphatic heterocycles. The van der Waals surface area contributed by atoms with Crippen molar-refractivity contribution in [2.45, 2.75) is 30.8 Å². The normalized spacial score (nSPS) is 14.2. The van der Waals surface area contributed by atoms with E-state index in [-0.39, 0.29) is 29.3 Å². The molecule has 4 rings (SSSR count). The molecule has 1 amide bonds. The van der Waals surface area contributed by atoms with E-state index < -0.39 is 9.84 Å². The van der Waals surface area contributed by atoms with Crippen LogP contribution in [0.5, 0.6) is 17.2 Å². The van der Waals surface area contributed by atoms with Crippen LogP contribution in [0.15, 0.2) is 52.7 Å². The number of hydrogen-bond donors (Lipinski definition) is 2. The van der Waals surface area contributed by atoms with E-state index in [2.05, 4.69) is 15.6 Å². The number of halogens is 1. The molecule has 2 heterocycles. The first-order valence-corrected chi connectivity index (χ1v) is 13.3. The van der Waals surface area contributed by atoms with Crippen LogP contribution in [0.4, 0.5) is 5.13 Å². The average Bonchev–Trinajstić information content (AvgIpc) is 3.18. The largest absolute Gasteiger partial charge is 0.490 e. The fourth-order valence-electron chi connectivity index (χ4n) is 3.41. The van der Waals surface area contributed by atoms with E-state index in [0.717, 1.165) is 37.9 Å². The molecular formula is C23H26ClN3O5S2. The molecule has 1 aliphatic rings. The van der Waals surface area contributed by atoms with Crippen molar-refractivity contribution in [3.8, 4) is 17.2 Å². The Kier molecular flexibility index (Phi) is 8.53. The first-order valence-electron chi connectivity index (χ1n) is 10.5. The summed E-state index contributed by atoms with van der Waals surface area (Å²) in [4.78, 5) is 17.4. The van der Waals surface area contributed by atoms with E-state index in [0.29, 0.717) is 27.9 Å². The van der Waals surface area contributed by atoms with Crippen molar-refractivity contribution in [1.29, 1.82) is 0 Å². The van der Waals surface area contributed by atoms with Gasteiger partial charge in [-0.15, -0.1) is 23.7 Å². The quantitative estimate of drug-likeness (QED) is 0.471. The summed E-state index contributed by atoms with van der Waals surface area (Å²) in [7, 11) is -3.30. The molecule has 0 bridgehead atoms. The lowest BCUT2D eigenvalue weighted by molar-refractivity contribution is 0.102. The van der Waals surface area contributed by atoms with Crippen LogP contribution < -0.4 is 20.1 Å². The highest BCUT2D eigenvalue weighted by atomic mass is 35.5. The zero-order valence-corrected chi connectivity index (χ0v) is 21.2. The molecule has 0 saturated carbocycles. The van der Waals surface area contributed by atoms with Crippen LogP contribution in [-0.4, -0.2) is 44.8 Å². The van der Waals surface area contributed by atoms with Crippen molar-refractivity contribution in [3.05, 3.63) is 59.1 Å². The van der Waals surface area contributed by atoms with E-state index in [1.807, 2.05) is 12.3 Å². The predicted molar refractivity (Wildman–Crippen MR) is 135 cm³/mol. The number of anilines is 1. The number of thiazole rings is 1. The van der Waals surface area contributed by atoms with Crippen molar-refractivity contribution in [2.75, 3.05) is 24.7 Å². The lowest BCUT2D eigenvalue weighted by Crippen LogP contribution is -2.34.